The molecule has 2 aromatic heterocycles. The molecule has 1 fully saturated rings. The van der Waals surface area contributed by atoms with Crippen molar-refractivity contribution in [1.29, 1.82) is 0 Å². The number of alkyl halides is 3. The van der Waals surface area contributed by atoms with Crippen molar-refractivity contribution in [3.05, 3.63) is 46.9 Å². The summed E-state index contributed by atoms with van der Waals surface area (Å²) in [4.78, 5) is 26.2. The fourth-order valence-electron chi connectivity index (χ4n) is 3.54. The SMILES string of the molecule is OP(O)COCC1CCC(n2ncc3c(NCc4cccc(C(F)(F)F)c4)nc(Cl)nc32)O1. The monoisotopic (exact) mass is 505 g/mol. The topological polar surface area (TPSA) is 115 Å². The van der Waals surface area contributed by atoms with Crippen LogP contribution in [0.2, 0.25) is 5.28 Å². The molecule has 3 aromatic rings. The molecule has 33 heavy (non-hydrogen) atoms. The fourth-order valence-corrected chi connectivity index (χ4v) is 3.98. The van der Waals surface area contributed by atoms with E-state index in [1.807, 2.05) is 0 Å². The number of nitrogens with one attached hydrogen (secondary N) is 1. The van der Waals surface area contributed by atoms with E-state index in [0.717, 1.165) is 12.1 Å². The number of aromatic nitrogens is 4. The molecule has 1 aromatic carbocycles. The quantitative estimate of drug-likeness (QED) is 0.310. The number of nitrogens with zero attached hydrogens (tertiary/aromatic N) is 4. The molecule has 0 amide bonds. The Hall–Kier alpha value is -2.08. The Kier molecular flexibility index (Phi) is 7.32. The third-order valence-electron chi connectivity index (χ3n) is 5.01. The number of ether oxygens (including phenoxy) is 2. The van der Waals surface area contributed by atoms with Gasteiger partial charge in [0.05, 0.1) is 29.9 Å². The minimum Gasteiger partial charge on any atom is -0.369 e. The summed E-state index contributed by atoms with van der Waals surface area (Å²) >= 11 is 6.09. The van der Waals surface area contributed by atoms with Gasteiger partial charge in [-0.2, -0.15) is 28.2 Å². The van der Waals surface area contributed by atoms with Gasteiger partial charge < -0.3 is 24.6 Å². The molecule has 1 aliphatic rings. The summed E-state index contributed by atoms with van der Waals surface area (Å²) in [5.41, 5.74) is 0.117. The molecule has 0 spiro atoms. The second-order valence-electron chi connectivity index (χ2n) is 7.38. The van der Waals surface area contributed by atoms with E-state index in [0.29, 0.717) is 35.3 Å². The van der Waals surface area contributed by atoms with E-state index in [9.17, 15) is 13.2 Å². The van der Waals surface area contributed by atoms with Crippen molar-refractivity contribution in [3.8, 4) is 0 Å². The van der Waals surface area contributed by atoms with Crippen LogP contribution in [0.1, 0.15) is 30.2 Å². The van der Waals surface area contributed by atoms with Crippen molar-refractivity contribution in [2.45, 2.75) is 37.9 Å². The average molecular weight is 506 g/mol. The molecule has 0 bridgehead atoms. The number of fused-ring (bicyclic) bond motifs is 1. The number of rotatable bonds is 8. The van der Waals surface area contributed by atoms with Crippen LogP contribution in [0.5, 0.6) is 0 Å². The van der Waals surface area contributed by atoms with Crippen molar-refractivity contribution in [2.75, 3.05) is 18.3 Å². The van der Waals surface area contributed by atoms with Crippen LogP contribution in [0.4, 0.5) is 19.0 Å². The first-order valence-electron chi connectivity index (χ1n) is 9.90. The van der Waals surface area contributed by atoms with E-state index in [1.54, 1.807) is 10.7 Å². The van der Waals surface area contributed by atoms with Gasteiger partial charge in [-0.25, -0.2) is 4.68 Å². The van der Waals surface area contributed by atoms with E-state index in [-0.39, 0.29) is 30.9 Å². The molecule has 0 saturated carbocycles. The van der Waals surface area contributed by atoms with E-state index in [4.69, 9.17) is 30.9 Å². The normalized spacial score (nSPS) is 19.0. The zero-order valence-corrected chi connectivity index (χ0v) is 18.7. The molecule has 4 rings (SSSR count). The standard InChI is InChI=1S/C19H20ClF3N5O4P/c20-18-26-16(24-7-11-2-1-3-12(6-11)19(21,22)23)14-8-25-28(17(14)27-18)15-5-4-13(32-15)9-31-10-33(29)30/h1-3,6,8,13,15,29-30H,4-5,7,9-10H2,(H,24,26,27). The molecular formula is C19H20ClF3N5O4P. The summed E-state index contributed by atoms with van der Waals surface area (Å²) in [6, 6.07) is 5.01. The second-order valence-corrected chi connectivity index (χ2v) is 8.72. The van der Waals surface area contributed by atoms with Crippen molar-refractivity contribution >= 4 is 36.8 Å². The number of halogens is 4. The van der Waals surface area contributed by atoms with Gasteiger partial charge in [-0.15, -0.1) is 0 Å². The third kappa shape index (κ3) is 5.89. The van der Waals surface area contributed by atoms with E-state index in [1.165, 1.54) is 12.3 Å². The lowest BCUT2D eigenvalue weighted by Gasteiger charge is -2.15. The van der Waals surface area contributed by atoms with Gasteiger partial charge in [-0.05, 0) is 42.1 Å². The van der Waals surface area contributed by atoms with Gasteiger partial charge in [0.25, 0.3) is 0 Å². The summed E-state index contributed by atoms with van der Waals surface area (Å²) in [5.74, 6) is 0.339. The van der Waals surface area contributed by atoms with Crippen molar-refractivity contribution < 1.29 is 32.4 Å². The molecule has 14 heteroatoms. The maximum atomic E-state index is 13.0. The molecule has 2 atom stereocenters. The van der Waals surface area contributed by atoms with Crippen molar-refractivity contribution in [1.82, 2.24) is 19.7 Å². The zero-order chi connectivity index (χ0) is 23.6. The Morgan fingerprint density at radius 3 is 2.85 bits per heavy atom. The summed E-state index contributed by atoms with van der Waals surface area (Å²) < 4.78 is 51.6. The summed E-state index contributed by atoms with van der Waals surface area (Å²) in [6.45, 7) is 0.310. The number of hydrogen-bond donors (Lipinski definition) is 3. The van der Waals surface area contributed by atoms with Crippen molar-refractivity contribution in [2.24, 2.45) is 0 Å². The van der Waals surface area contributed by atoms with Gasteiger partial charge in [0.15, 0.2) is 20.3 Å². The van der Waals surface area contributed by atoms with Gasteiger partial charge >= 0.3 is 6.18 Å². The first-order chi connectivity index (χ1) is 15.7. The van der Waals surface area contributed by atoms with Crippen LogP contribution in [0.15, 0.2) is 30.5 Å². The van der Waals surface area contributed by atoms with Gasteiger partial charge in [-0.3, -0.25) is 0 Å². The number of anilines is 1. The first kappa shape index (κ1) is 24.1. The molecule has 9 nitrogen and oxygen atoms in total. The molecule has 0 aliphatic carbocycles. The smallest absolute Gasteiger partial charge is 0.369 e. The molecule has 1 aliphatic heterocycles. The number of benzene rings is 1. The third-order valence-corrected chi connectivity index (χ3v) is 5.59. The van der Waals surface area contributed by atoms with Crippen LogP contribution in [0.3, 0.4) is 0 Å². The molecule has 3 heterocycles. The predicted molar refractivity (Wildman–Crippen MR) is 114 cm³/mol. The Bertz CT molecular complexity index is 1120. The van der Waals surface area contributed by atoms with Crippen LogP contribution >= 0.6 is 20.0 Å². The van der Waals surface area contributed by atoms with Crippen LogP contribution in [-0.2, 0) is 22.2 Å². The molecule has 1 saturated heterocycles. The second kappa shape index (κ2) is 10.0. The van der Waals surface area contributed by atoms with Crippen LogP contribution in [0, 0.1) is 0 Å². The molecule has 0 radical (unpaired) electrons. The minimum atomic E-state index is -4.42. The summed E-state index contributed by atoms with van der Waals surface area (Å²) in [6.07, 6.45) is -2.38. The van der Waals surface area contributed by atoms with Crippen LogP contribution in [-0.4, -0.2) is 48.6 Å². The van der Waals surface area contributed by atoms with E-state index in [2.05, 4.69) is 20.4 Å². The highest BCUT2D eigenvalue weighted by atomic mass is 35.5. The highest BCUT2D eigenvalue weighted by Crippen LogP contribution is 2.33. The highest BCUT2D eigenvalue weighted by molar-refractivity contribution is 7.44. The lowest BCUT2D eigenvalue weighted by atomic mass is 10.1. The molecule has 178 valence electrons. The Morgan fingerprint density at radius 1 is 1.27 bits per heavy atom. The predicted octanol–water partition coefficient (Wildman–Crippen LogP) is 4.06. The number of hydrogen-bond acceptors (Lipinski definition) is 8. The minimum absolute atomic E-state index is 0.0482. The van der Waals surface area contributed by atoms with E-state index < -0.39 is 26.3 Å². The van der Waals surface area contributed by atoms with Crippen LogP contribution in [0.25, 0.3) is 11.0 Å². The average Bonchev–Trinajstić information content (AvgIpc) is 3.38. The summed E-state index contributed by atoms with van der Waals surface area (Å²) in [7, 11) is -2.12. The van der Waals surface area contributed by atoms with Gasteiger partial charge in [0, 0.05) is 6.54 Å². The zero-order valence-electron chi connectivity index (χ0n) is 17.0. The van der Waals surface area contributed by atoms with Gasteiger partial charge in [0.1, 0.15) is 12.2 Å². The molecular weight excluding hydrogens is 486 g/mol. The van der Waals surface area contributed by atoms with Gasteiger partial charge in [-0.1, -0.05) is 12.1 Å². The fraction of sp³-hybridized carbons (Fsp3) is 0.421. The molecule has 3 N–H and O–H groups in total. The summed E-state index contributed by atoms with van der Waals surface area (Å²) in [5, 5.41) is 7.85. The largest absolute Gasteiger partial charge is 0.416 e. The lowest BCUT2D eigenvalue weighted by molar-refractivity contribution is -0.137. The van der Waals surface area contributed by atoms with Crippen molar-refractivity contribution in [3.63, 3.8) is 0 Å². The first-order valence-corrected chi connectivity index (χ1v) is 11.7. The Labute approximate surface area is 192 Å². The van der Waals surface area contributed by atoms with Crippen LogP contribution < -0.4 is 5.32 Å². The molecule has 2 unspecified atom stereocenters. The highest BCUT2D eigenvalue weighted by Gasteiger charge is 2.31. The Morgan fingerprint density at radius 2 is 2.09 bits per heavy atom. The Balaban J connectivity index is 1.48. The maximum Gasteiger partial charge on any atom is 0.416 e. The van der Waals surface area contributed by atoms with Gasteiger partial charge in [0.2, 0.25) is 5.28 Å². The lowest BCUT2D eigenvalue weighted by Crippen LogP contribution is -2.17. The van der Waals surface area contributed by atoms with E-state index >= 15 is 0 Å². The maximum absolute atomic E-state index is 13.0.